The number of amides is 1. The van der Waals surface area contributed by atoms with Crippen LogP contribution in [0, 0.1) is 0 Å². The van der Waals surface area contributed by atoms with Crippen molar-refractivity contribution in [3.63, 3.8) is 0 Å². The third kappa shape index (κ3) is 2.79. The SMILES string of the molecule is CC(C(=O)N1CCC(C(=O)O)(c2ccccc2)CC1)n1cccn1. The molecular weight excluding hydrogens is 306 g/mol. The van der Waals surface area contributed by atoms with Crippen molar-refractivity contribution < 1.29 is 14.7 Å². The molecule has 1 fully saturated rings. The van der Waals surface area contributed by atoms with Gasteiger partial charge in [0.25, 0.3) is 0 Å². The molecule has 6 nitrogen and oxygen atoms in total. The van der Waals surface area contributed by atoms with Crippen molar-refractivity contribution in [3.8, 4) is 0 Å². The molecule has 1 aliphatic heterocycles. The molecule has 1 N–H and O–H groups in total. The van der Waals surface area contributed by atoms with Gasteiger partial charge in [-0.05, 0) is 31.4 Å². The fourth-order valence-corrected chi connectivity index (χ4v) is 3.38. The summed E-state index contributed by atoms with van der Waals surface area (Å²) in [5.74, 6) is -0.841. The molecule has 1 atom stereocenters. The molecule has 1 saturated heterocycles. The number of carboxylic acid groups (broad SMARTS) is 1. The number of hydrogen-bond acceptors (Lipinski definition) is 3. The van der Waals surface area contributed by atoms with Gasteiger partial charge in [0.2, 0.25) is 5.91 Å². The van der Waals surface area contributed by atoms with Crippen LogP contribution in [0.1, 0.15) is 31.4 Å². The number of hydrogen-bond donors (Lipinski definition) is 1. The molecule has 2 aromatic rings. The zero-order chi connectivity index (χ0) is 17.2. The van der Waals surface area contributed by atoms with Crippen LogP contribution in [0.5, 0.6) is 0 Å². The molecule has 0 aliphatic carbocycles. The van der Waals surface area contributed by atoms with Crippen molar-refractivity contribution in [2.45, 2.75) is 31.2 Å². The molecule has 1 amide bonds. The maximum absolute atomic E-state index is 12.6. The molecule has 24 heavy (non-hydrogen) atoms. The molecule has 0 spiro atoms. The first kappa shape index (κ1) is 16.2. The largest absolute Gasteiger partial charge is 0.481 e. The number of likely N-dealkylation sites (tertiary alicyclic amines) is 1. The first-order valence-corrected chi connectivity index (χ1v) is 8.11. The van der Waals surface area contributed by atoms with E-state index in [4.69, 9.17) is 0 Å². The van der Waals surface area contributed by atoms with Crippen LogP contribution in [0.15, 0.2) is 48.8 Å². The lowest BCUT2D eigenvalue weighted by atomic mass is 9.73. The van der Waals surface area contributed by atoms with E-state index >= 15 is 0 Å². The van der Waals surface area contributed by atoms with Crippen LogP contribution in [-0.2, 0) is 15.0 Å². The average Bonchev–Trinajstić information content (AvgIpc) is 3.16. The number of carboxylic acids is 1. The topological polar surface area (TPSA) is 75.4 Å². The number of rotatable bonds is 4. The van der Waals surface area contributed by atoms with E-state index in [0.29, 0.717) is 25.9 Å². The third-order valence-corrected chi connectivity index (χ3v) is 4.94. The average molecular weight is 327 g/mol. The Kier molecular flexibility index (Phi) is 4.38. The van der Waals surface area contributed by atoms with Gasteiger partial charge in [0.15, 0.2) is 0 Å². The summed E-state index contributed by atoms with van der Waals surface area (Å²) in [4.78, 5) is 26.3. The highest BCUT2D eigenvalue weighted by Gasteiger charge is 2.44. The van der Waals surface area contributed by atoms with Gasteiger partial charge < -0.3 is 10.0 Å². The first-order valence-electron chi connectivity index (χ1n) is 8.11. The molecule has 1 unspecified atom stereocenters. The summed E-state index contributed by atoms with van der Waals surface area (Å²) >= 11 is 0. The Hall–Kier alpha value is -2.63. The Bertz CT molecular complexity index is 704. The van der Waals surface area contributed by atoms with Crippen LogP contribution < -0.4 is 0 Å². The Morgan fingerprint density at radius 1 is 1.17 bits per heavy atom. The maximum Gasteiger partial charge on any atom is 0.314 e. The molecular formula is C18H21N3O3. The minimum absolute atomic E-state index is 0.0225. The predicted octanol–water partition coefficient (Wildman–Crippen LogP) is 2.09. The van der Waals surface area contributed by atoms with E-state index in [-0.39, 0.29) is 11.9 Å². The monoisotopic (exact) mass is 327 g/mol. The van der Waals surface area contributed by atoms with Crippen LogP contribution in [0.3, 0.4) is 0 Å². The fourth-order valence-electron chi connectivity index (χ4n) is 3.38. The second-order valence-electron chi connectivity index (χ2n) is 6.24. The second kappa shape index (κ2) is 6.47. The molecule has 0 saturated carbocycles. The minimum atomic E-state index is -0.910. The lowest BCUT2D eigenvalue weighted by Gasteiger charge is -2.40. The maximum atomic E-state index is 12.6. The first-order chi connectivity index (χ1) is 11.5. The molecule has 1 aromatic carbocycles. The Labute approximate surface area is 140 Å². The van der Waals surface area contributed by atoms with Crippen molar-refractivity contribution >= 4 is 11.9 Å². The number of nitrogens with zero attached hydrogens (tertiary/aromatic N) is 3. The van der Waals surface area contributed by atoms with Crippen LogP contribution >= 0.6 is 0 Å². The van der Waals surface area contributed by atoms with E-state index in [1.54, 1.807) is 28.0 Å². The fraction of sp³-hybridized carbons (Fsp3) is 0.389. The highest BCUT2D eigenvalue weighted by atomic mass is 16.4. The number of carbonyl (C=O) groups excluding carboxylic acids is 1. The van der Waals surface area contributed by atoms with E-state index < -0.39 is 11.4 Å². The summed E-state index contributed by atoms with van der Waals surface area (Å²) in [6.45, 7) is 2.68. The van der Waals surface area contributed by atoms with Gasteiger partial charge in [-0.15, -0.1) is 0 Å². The highest BCUT2D eigenvalue weighted by molar-refractivity contribution is 5.83. The smallest absolute Gasteiger partial charge is 0.314 e. The summed E-state index contributed by atoms with van der Waals surface area (Å²) in [6, 6.07) is 10.7. The summed E-state index contributed by atoms with van der Waals surface area (Å²) in [5.41, 5.74) is -0.0998. The quantitative estimate of drug-likeness (QED) is 0.933. The van der Waals surface area contributed by atoms with Crippen LogP contribution in [0.25, 0.3) is 0 Å². The Morgan fingerprint density at radius 2 is 1.83 bits per heavy atom. The van der Waals surface area contributed by atoms with Gasteiger partial charge in [-0.2, -0.15) is 5.10 Å². The second-order valence-corrected chi connectivity index (χ2v) is 6.24. The third-order valence-electron chi connectivity index (χ3n) is 4.94. The van der Waals surface area contributed by atoms with E-state index in [0.717, 1.165) is 5.56 Å². The summed E-state index contributed by atoms with van der Waals surface area (Å²) in [7, 11) is 0. The number of piperidine rings is 1. The number of aromatic nitrogens is 2. The van der Waals surface area contributed by atoms with Gasteiger partial charge in [-0.1, -0.05) is 30.3 Å². The van der Waals surface area contributed by atoms with Crippen molar-refractivity contribution in [1.82, 2.24) is 14.7 Å². The number of benzene rings is 1. The number of aliphatic carboxylic acids is 1. The van der Waals surface area contributed by atoms with E-state index in [2.05, 4.69) is 5.10 Å². The zero-order valence-corrected chi connectivity index (χ0v) is 13.6. The molecule has 0 radical (unpaired) electrons. The van der Waals surface area contributed by atoms with E-state index in [1.807, 2.05) is 37.3 Å². The number of carbonyl (C=O) groups is 2. The van der Waals surface area contributed by atoms with Gasteiger partial charge in [-0.25, -0.2) is 0 Å². The minimum Gasteiger partial charge on any atom is -0.481 e. The van der Waals surface area contributed by atoms with Crippen LogP contribution in [0.2, 0.25) is 0 Å². The summed E-state index contributed by atoms with van der Waals surface area (Å²) in [5, 5.41) is 13.9. The highest BCUT2D eigenvalue weighted by Crippen LogP contribution is 2.36. The van der Waals surface area contributed by atoms with Crippen molar-refractivity contribution in [2.75, 3.05) is 13.1 Å². The standard InChI is InChI=1S/C18H21N3O3/c1-14(21-11-5-10-19-21)16(22)20-12-8-18(9-13-20,17(23)24)15-6-3-2-4-7-15/h2-7,10-11,14H,8-9,12-13H2,1H3,(H,23,24). The lowest BCUT2D eigenvalue weighted by molar-refractivity contribution is -0.149. The van der Waals surface area contributed by atoms with Crippen molar-refractivity contribution in [1.29, 1.82) is 0 Å². The zero-order valence-electron chi connectivity index (χ0n) is 13.6. The predicted molar refractivity (Wildman–Crippen MR) is 88.5 cm³/mol. The summed E-state index contributed by atoms with van der Waals surface area (Å²) < 4.78 is 1.62. The molecule has 126 valence electrons. The van der Waals surface area contributed by atoms with E-state index in [9.17, 15) is 14.7 Å². The van der Waals surface area contributed by atoms with Crippen LogP contribution in [0.4, 0.5) is 0 Å². The molecule has 1 aromatic heterocycles. The van der Waals surface area contributed by atoms with Gasteiger partial charge >= 0.3 is 5.97 Å². The van der Waals surface area contributed by atoms with E-state index in [1.165, 1.54) is 0 Å². The summed E-state index contributed by atoms with van der Waals surface area (Å²) in [6.07, 6.45) is 4.25. The molecule has 0 bridgehead atoms. The lowest BCUT2D eigenvalue weighted by Crippen LogP contribution is -2.50. The Morgan fingerprint density at radius 3 is 2.38 bits per heavy atom. The molecule has 6 heteroatoms. The van der Waals surface area contributed by atoms with Gasteiger partial charge in [0.05, 0.1) is 5.41 Å². The molecule has 2 heterocycles. The molecule has 1 aliphatic rings. The molecule has 3 rings (SSSR count). The van der Waals surface area contributed by atoms with Gasteiger partial charge in [0.1, 0.15) is 6.04 Å². The van der Waals surface area contributed by atoms with Crippen LogP contribution in [-0.4, -0.2) is 44.8 Å². The normalized spacial score (nSPS) is 18.1. The van der Waals surface area contributed by atoms with Crippen molar-refractivity contribution in [3.05, 3.63) is 54.4 Å². The van der Waals surface area contributed by atoms with Gasteiger partial charge in [-0.3, -0.25) is 14.3 Å². The van der Waals surface area contributed by atoms with Gasteiger partial charge in [0, 0.05) is 25.5 Å². The Balaban J connectivity index is 1.74. The van der Waals surface area contributed by atoms with Crippen molar-refractivity contribution in [2.24, 2.45) is 0 Å².